The van der Waals surface area contributed by atoms with E-state index in [0.29, 0.717) is 40.7 Å². The van der Waals surface area contributed by atoms with Crippen molar-refractivity contribution < 1.29 is 19.4 Å². The molecule has 2 aromatic heterocycles. The van der Waals surface area contributed by atoms with E-state index in [0.717, 1.165) is 74.7 Å². The van der Waals surface area contributed by atoms with Gasteiger partial charge in [0.2, 0.25) is 11.8 Å². The maximum absolute atomic E-state index is 11.3. The molecule has 218 valence electrons. The van der Waals surface area contributed by atoms with Crippen molar-refractivity contribution >= 4 is 34.9 Å². The first-order chi connectivity index (χ1) is 19.6. The molecule has 4 heterocycles. The summed E-state index contributed by atoms with van der Waals surface area (Å²) in [6.07, 6.45) is 3.79. The number of quaternary nitrogens is 1. The highest BCUT2D eigenvalue weighted by atomic mass is 35.5. The number of ether oxygens (including phenoxy) is 1. The van der Waals surface area contributed by atoms with E-state index < -0.39 is 0 Å². The van der Waals surface area contributed by atoms with Crippen LogP contribution in [-0.2, 0) is 11.3 Å². The van der Waals surface area contributed by atoms with E-state index in [-0.39, 0.29) is 10.6 Å². The summed E-state index contributed by atoms with van der Waals surface area (Å²) in [5.41, 5.74) is 2.62. The summed E-state index contributed by atoms with van der Waals surface area (Å²) in [6.45, 7) is 7.74. The van der Waals surface area contributed by atoms with Crippen LogP contribution >= 0.6 is 23.2 Å². The number of aromatic nitrogens is 2. The number of benzene rings is 1. The van der Waals surface area contributed by atoms with Crippen molar-refractivity contribution in [2.24, 2.45) is 5.92 Å². The molecule has 2 aliphatic rings. The van der Waals surface area contributed by atoms with Gasteiger partial charge in [-0.1, -0.05) is 23.2 Å². The molecule has 2 saturated heterocycles. The van der Waals surface area contributed by atoms with Crippen LogP contribution in [0.2, 0.25) is 10.0 Å². The van der Waals surface area contributed by atoms with Gasteiger partial charge < -0.3 is 15.0 Å². The molecular formula is C30H37Cl2N6O3+. The number of anilines is 1. The number of piperidine rings is 1. The highest BCUT2D eigenvalue weighted by Crippen LogP contribution is 2.31. The summed E-state index contributed by atoms with van der Waals surface area (Å²) in [7, 11) is 1.82. The molecule has 2 N–H and O–H groups in total. The molecule has 41 heavy (non-hydrogen) atoms. The Balaban J connectivity index is 1.32. The molecule has 1 amide bonds. The van der Waals surface area contributed by atoms with Crippen LogP contribution in [0.25, 0.3) is 11.3 Å². The summed E-state index contributed by atoms with van der Waals surface area (Å²) in [5.74, 6) is 2.44. The zero-order valence-corrected chi connectivity index (χ0v) is 25.0. The number of carbonyl (C=O) groups excluding carboxylic acids is 1. The third-order valence-electron chi connectivity index (χ3n) is 7.74. The Bertz CT molecular complexity index is 1330. The number of nitrogens with one attached hydrogen (secondary N) is 1. The number of amides is 1. The average Bonchev–Trinajstić information content (AvgIpc) is 2.92. The largest absolute Gasteiger partial charge is 0.437 e. The highest BCUT2D eigenvalue weighted by molar-refractivity contribution is 6.35. The molecule has 0 spiro atoms. The van der Waals surface area contributed by atoms with Gasteiger partial charge in [0.1, 0.15) is 24.7 Å². The molecule has 0 saturated carbocycles. The number of pyridine rings is 2. The van der Waals surface area contributed by atoms with Crippen molar-refractivity contribution in [2.75, 3.05) is 57.8 Å². The first-order valence-electron chi connectivity index (χ1n) is 14.0. The zero-order valence-electron chi connectivity index (χ0n) is 23.5. The van der Waals surface area contributed by atoms with Gasteiger partial charge in [0, 0.05) is 41.7 Å². The van der Waals surface area contributed by atoms with E-state index in [1.807, 2.05) is 37.4 Å². The molecule has 11 heteroatoms. The van der Waals surface area contributed by atoms with Crippen LogP contribution in [0.3, 0.4) is 0 Å². The van der Waals surface area contributed by atoms with Crippen LogP contribution < -0.4 is 15.0 Å². The predicted octanol–water partition coefficient (Wildman–Crippen LogP) is 5.25. The van der Waals surface area contributed by atoms with Crippen molar-refractivity contribution in [1.82, 2.24) is 20.2 Å². The molecule has 3 aromatic rings. The van der Waals surface area contributed by atoms with Crippen molar-refractivity contribution in [3.8, 4) is 22.9 Å². The van der Waals surface area contributed by atoms with E-state index in [4.69, 9.17) is 32.9 Å². The van der Waals surface area contributed by atoms with Crippen LogP contribution in [0.4, 0.5) is 5.82 Å². The fourth-order valence-corrected chi connectivity index (χ4v) is 5.84. The number of likely N-dealkylation sites (tertiary alicyclic amines) is 1. The van der Waals surface area contributed by atoms with Gasteiger partial charge in [0.15, 0.2) is 0 Å². The van der Waals surface area contributed by atoms with E-state index in [1.54, 1.807) is 19.2 Å². The minimum atomic E-state index is 0.0234. The van der Waals surface area contributed by atoms with Gasteiger partial charge in [-0.25, -0.2) is 15.2 Å². The lowest BCUT2D eigenvalue weighted by Crippen LogP contribution is -2.55. The summed E-state index contributed by atoms with van der Waals surface area (Å²) < 4.78 is 6.25. The lowest BCUT2D eigenvalue weighted by Gasteiger charge is -2.36. The van der Waals surface area contributed by atoms with Crippen molar-refractivity contribution in [2.45, 2.75) is 26.3 Å². The first kappa shape index (κ1) is 29.5. The van der Waals surface area contributed by atoms with E-state index in [9.17, 15) is 10.0 Å². The Morgan fingerprint density at radius 3 is 2.41 bits per heavy atom. The molecular weight excluding hydrogens is 563 g/mol. The summed E-state index contributed by atoms with van der Waals surface area (Å²) >= 11 is 12.6. The molecule has 1 aromatic carbocycles. The predicted molar refractivity (Wildman–Crippen MR) is 161 cm³/mol. The third kappa shape index (κ3) is 8.30. The lowest BCUT2D eigenvalue weighted by molar-refractivity contribution is -1.09. The lowest BCUT2D eigenvalue weighted by atomic mass is 9.96. The third-order valence-corrected chi connectivity index (χ3v) is 8.18. The van der Waals surface area contributed by atoms with Gasteiger partial charge in [-0.15, -0.1) is 0 Å². The number of hydrogen-bond donors (Lipinski definition) is 2. The summed E-state index contributed by atoms with van der Waals surface area (Å²) in [6, 6.07) is 13.3. The maximum atomic E-state index is 11.3. The normalized spacial score (nSPS) is 17.8. The van der Waals surface area contributed by atoms with Gasteiger partial charge in [0.25, 0.3) is 0 Å². The van der Waals surface area contributed by atoms with Crippen molar-refractivity contribution in [3.63, 3.8) is 0 Å². The van der Waals surface area contributed by atoms with Gasteiger partial charge in [-0.05, 0) is 73.8 Å². The quantitative estimate of drug-likeness (QED) is 0.342. The number of hydroxylamine groups is 3. The van der Waals surface area contributed by atoms with Crippen LogP contribution in [0.15, 0.2) is 48.7 Å². The van der Waals surface area contributed by atoms with Gasteiger partial charge in [0.05, 0.1) is 32.0 Å². The molecule has 9 nitrogen and oxygen atoms in total. The number of hydrogen-bond acceptors (Lipinski definition) is 7. The Hall–Kier alpha value is -2.95. The standard InChI is InChI=1S/C30H36Cl2N6O3/c1-21(39)33-18-22-5-7-36(8-6-22)20-23-13-28(24-15-25(31)17-26(32)16-24)35-30(14-23)41-27-3-4-29(34-19-27)37-9-11-38(2,40)12-10-37/h3-4,13-17,19,22,40H,5-12,18,20H2,1-2H3/p+1. The molecule has 0 unspecified atom stereocenters. The highest BCUT2D eigenvalue weighted by Gasteiger charge is 2.28. The Labute approximate surface area is 251 Å². The van der Waals surface area contributed by atoms with Crippen LogP contribution in [-0.4, -0.2) is 83.5 Å². The first-order valence-corrected chi connectivity index (χ1v) is 14.8. The molecule has 0 bridgehead atoms. The number of carbonyl (C=O) groups is 1. The van der Waals surface area contributed by atoms with E-state index in [2.05, 4.69) is 26.2 Å². The summed E-state index contributed by atoms with van der Waals surface area (Å²) in [5, 5.41) is 14.2. The number of rotatable bonds is 8. The van der Waals surface area contributed by atoms with Crippen LogP contribution in [0, 0.1) is 5.92 Å². The topological polar surface area (TPSA) is 90.8 Å². The fourth-order valence-electron chi connectivity index (χ4n) is 5.31. The molecule has 0 aliphatic carbocycles. The SMILES string of the molecule is CC(=O)NCC1CCN(Cc2cc(Oc3ccc(N4CC[N+](C)(O)CC4)nc3)nc(-c3cc(Cl)cc(Cl)c3)c2)CC1. The second-order valence-corrected chi connectivity index (χ2v) is 12.1. The Morgan fingerprint density at radius 2 is 1.78 bits per heavy atom. The number of halogens is 2. The second kappa shape index (κ2) is 12.9. The summed E-state index contributed by atoms with van der Waals surface area (Å²) in [4.78, 5) is 25.3. The molecule has 0 radical (unpaired) electrons. The maximum Gasteiger partial charge on any atom is 0.220 e. The average molecular weight is 601 g/mol. The molecule has 2 aliphatic heterocycles. The van der Waals surface area contributed by atoms with Gasteiger partial charge in [-0.2, -0.15) is 4.65 Å². The van der Waals surface area contributed by atoms with Crippen molar-refractivity contribution in [3.05, 3.63) is 64.3 Å². The number of piperazine rings is 1. The monoisotopic (exact) mass is 599 g/mol. The van der Waals surface area contributed by atoms with Crippen molar-refractivity contribution in [1.29, 1.82) is 0 Å². The smallest absolute Gasteiger partial charge is 0.220 e. The number of likely N-dealkylation sites (N-methyl/N-ethyl adjacent to an activating group) is 1. The van der Waals surface area contributed by atoms with Gasteiger partial charge >= 0.3 is 0 Å². The minimum absolute atomic E-state index is 0.0234. The second-order valence-electron chi connectivity index (χ2n) is 11.2. The Kier molecular flexibility index (Phi) is 9.31. The van der Waals surface area contributed by atoms with Crippen LogP contribution in [0.5, 0.6) is 11.6 Å². The van der Waals surface area contributed by atoms with E-state index in [1.165, 1.54) is 0 Å². The molecule has 0 atom stereocenters. The van der Waals surface area contributed by atoms with Gasteiger partial charge in [-0.3, -0.25) is 9.69 Å². The fraction of sp³-hybridized carbons (Fsp3) is 0.433. The van der Waals surface area contributed by atoms with E-state index >= 15 is 0 Å². The molecule has 2 fully saturated rings. The number of nitrogens with zero attached hydrogens (tertiary/aromatic N) is 5. The zero-order chi connectivity index (χ0) is 29.0. The van der Waals surface area contributed by atoms with Crippen LogP contribution in [0.1, 0.15) is 25.3 Å². The molecule has 5 rings (SSSR count). The minimum Gasteiger partial charge on any atom is -0.437 e. The Morgan fingerprint density at radius 1 is 1.07 bits per heavy atom.